The van der Waals surface area contributed by atoms with Crippen molar-refractivity contribution in [2.45, 2.75) is 20.3 Å². The number of hydrogen-bond donors (Lipinski definition) is 0. The molecule has 0 saturated heterocycles. The monoisotopic (exact) mass is 432 g/mol. The van der Waals surface area contributed by atoms with Crippen LogP contribution in [-0.2, 0) is 11.2 Å². The maximum Gasteiger partial charge on any atom is 0.280 e. The zero-order valence-corrected chi connectivity index (χ0v) is 18.6. The standard InChI is InChI=1S/C28H24N4O/c1-3-21-14-16-22(17-15-21)27-23(19-31(30-27)24-10-6-4-7-11-24)18-26-20(2)29-32(28(26)33)25-12-8-5-9-13-25/h4-19H,3H2,1-2H3/b26-18+. The predicted molar refractivity (Wildman–Crippen MR) is 133 cm³/mol. The van der Waals surface area contributed by atoms with E-state index in [0.717, 1.165) is 34.6 Å². The van der Waals surface area contributed by atoms with Crippen molar-refractivity contribution in [3.63, 3.8) is 0 Å². The first-order valence-electron chi connectivity index (χ1n) is 11.0. The van der Waals surface area contributed by atoms with Crippen LogP contribution in [0, 0.1) is 0 Å². The summed E-state index contributed by atoms with van der Waals surface area (Å²) in [4.78, 5) is 13.2. The molecule has 1 aliphatic rings. The molecule has 0 bridgehead atoms. The summed E-state index contributed by atoms with van der Waals surface area (Å²) in [5.74, 6) is -0.140. The van der Waals surface area contributed by atoms with Gasteiger partial charge in [-0.25, -0.2) is 4.68 Å². The van der Waals surface area contributed by atoms with Gasteiger partial charge in [-0.05, 0) is 49.2 Å². The highest BCUT2D eigenvalue weighted by Gasteiger charge is 2.29. The highest BCUT2D eigenvalue weighted by atomic mass is 16.2. The Morgan fingerprint density at radius 1 is 0.848 bits per heavy atom. The zero-order chi connectivity index (χ0) is 22.8. The molecule has 1 aliphatic heterocycles. The molecule has 0 spiro atoms. The van der Waals surface area contributed by atoms with E-state index in [1.54, 1.807) is 0 Å². The number of rotatable bonds is 5. The van der Waals surface area contributed by atoms with Crippen LogP contribution in [0.5, 0.6) is 0 Å². The summed E-state index contributed by atoms with van der Waals surface area (Å²) in [6.45, 7) is 4.01. The van der Waals surface area contributed by atoms with Crippen molar-refractivity contribution < 1.29 is 4.79 Å². The number of hydrogen-bond acceptors (Lipinski definition) is 3. The van der Waals surface area contributed by atoms with Crippen molar-refractivity contribution >= 4 is 23.4 Å². The van der Waals surface area contributed by atoms with Crippen molar-refractivity contribution in [3.05, 3.63) is 108 Å². The van der Waals surface area contributed by atoms with Crippen molar-refractivity contribution in [1.82, 2.24) is 9.78 Å². The molecule has 4 aromatic rings. The number of carbonyl (C=O) groups excluding carboxylic acids is 1. The predicted octanol–water partition coefficient (Wildman–Crippen LogP) is 5.91. The molecule has 5 nitrogen and oxygen atoms in total. The molecule has 3 aromatic carbocycles. The first-order valence-corrected chi connectivity index (χ1v) is 11.0. The second kappa shape index (κ2) is 8.71. The number of aromatic nitrogens is 2. The van der Waals surface area contributed by atoms with E-state index in [-0.39, 0.29) is 5.91 Å². The second-order valence-electron chi connectivity index (χ2n) is 7.96. The fraction of sp³-hybridized carbons (Fsp3) is 0.107. The van der Waals surface area contributed by atoms with E-state index in [4.69, 9.17) is 5.10 Å². The smallest absolute Gasteiger partial charge is 0.267 e. The van der Waals surface area contributed by atoms with E-state index < -0.39 is 0 Å². The zero-order valence-electron chi connectivity index (χ0n) is 18.6. The Morgan fingerprint density at radius 2 is 1.48 bits per heavy atom. The maximum atomic E-state index is 13.2. The van der Waals surface area contributed by atoms with Crippen molar-refractivity contribution in [2.24, 2.45) is 5.10 Å². The number of hydrazone groups is 1. The Bertz CT molecular complexity index is 1350. The molecule has 0 N–H and O–H groups in total. The Hall–Kier alpha value is -4.25. The van der Waals surface area contributed by atoms with Crippen molar-refractivity contribution in [2.75, 3.05) is 5.01 Å². The molecule has 33 heavy (non-hydrogen) atoms. The van der Waals surface area contributed by atoms with Gasteiger partial charge in [0.2, 0.25) is 0 Å². The molecule has 1 aromatic heterocycles. The van der Waals surface area contributed by atoms with Crippen LogP contribution in [-0.4, -0.2) is 21.4 Å². The lowest BCUT2D eigenvalue weighted by Gasteiger charge is -2.11. The van der Waals surface area contributed by atoms with Crippen LogP contribution in [0.25, 0.3) is 23.0 Å². The molecule has 0 aliphatic carbocycles. The van der Waals surface area contributed by atoms with Gasteiger partial charge in [-0.3, -0.25) is 4.79 Å². The molecule has 5 heteroatoms. The number of amides is 1. The highest BCUT2D eigenvalue weighted by Crippen LogP contribution is 2.29. The topological polar surface area (TPSA) is 50.5 Å². The average molecular weight is 433 g/mol. The molecule has 5 rings (SSSR count). The van der Waals surface area contributed by atoms with Gasteiger partial charge in [0.15, 0.2) is 0 Å². The molecule has 162 valence electrons. The summed E-state index contributed by atoms with van der Waals surface area (Å²) >= 11 is 0. The van der Waals surface area contributed by atoms with Gasteiger partial charge >= 0.3 is 0 Å². The summed E-state index contributed by atoms with van der Waals surface area (Å²) in [5.41, 5.74) is 6.94. The molecule has 0 saturated carbocycles. The van der Waals surface area contributed by atoms with Gasteiger partial charge in [-0.1, -0.05) is 67.6 Å². The fourth-order valence-electron chi connectivity index (χ4n) is 3.91. The average Bonchev–Trinajstić information content (AvgIpc) is 3.42. The number of benzene rings is 3. The van der Waals surface area contributed by atoms with Crippen LogP contribution in [0.15, 0.2) is 102 Å². The van der Waals surface area contributed by atoms with Crippen molar-refractivity contribution in [3.8, 4) is 16.9 Å². The molecular formula is C28H24N4O. The van der Waals surface area contributed by atoms with Crippen LogP contribution in [0.1, 0.15) is 25.0 Å². The van der Waals surface area contributed by atoms with E-state index in [0.29, 0.717) is 11.3 Å². The lowest BCUT2D eigenvalue weighted by Crippen LogP contribution is -2.21. The third kappa shape index (κ3) is 4.01. The van der Waals surface area contributed by atoms with E-state index in [2.05, 4.69) is 36.3 Å². The van der Waals surface area contributed by atoms with Gasteiger partial charge in [-0.15, -0.1) is 0 Å². The second-order valence-corrected chi connectivity index (χ2v) is 7.96. The van der Waals surface area contributed by atoms with Gasteiger partial charge in [0.05, 0.1) is 28.4 Å². The van der Waals surface area contributed by atoms with Gasteiger partial charge in [0.1, 0.15) is 0 Å². The van der Waals surface area contributed by atoms with E-state index in [1.807, 2.05) is 84.5 Å². The van der Waals surface area contributed by atoms with Crippen LogP contribution >= 0.6 is 0 Å². The number of nitrogens with zero attached hydrogens (tertiary/aromatic N) is 4. The van der Waals surface area contributed by atoms with Gasteiger partial charge in [0.25, 0.3) is 5.91 Å². The fourth-order valence-corrected chi connectivity index (χ4v) is 3.91. The molecule has 1 amide bonds. The third-order valence-electron chi connectivity index (χ3n) is 5.76. The molecule has 2 heterocycles. The molecule has 0 fully saturated rings. The summed E-state index contributed by atoms with van der Waals surface area (Å²) in [5, 5.41) is 10.9. The lowest BCUT2D eigenvalue weighted by molar-refractivity contribution is -0.114. The Labute approximate surface area is 193 Å². The molecular weight excluding hydrogens is 408 g/mol. The number of para-hydroxylation sites is 2. The Morgan fingerprint density at radius 3 is 2.12 bits per heavy atom. The minimum Gasteiger partial charge on any atom is -0.267 e. The quantitative estimate of drug-likeness (QED) is 0.368. The molecule has 0 radical (unpaired) electrons. The lowest BCUT2D eigenvalue weighted by atomic mass is 10.0. The Kier molecular flexibility index (Phi) is 5.45. The van der Waals surface area contributed by atoms with E-state index in [1.165, 1.54) is 10.6 Å². The molecule has 0 atom stereocenters. The normalized spacial score (nSPS) is 14.7. The van der Waals surface area contributed by atoms with Gasteiger partial charge in [-0.2, -0.15) is 15.2 Å². The van der Waals surface area contributed by atoms with Gasteiger partial charge in [0, 0.05) is 17.3 Å². The van der Waals surface area contributed by atoms with Gasteiger partial charge < -0.3 is 0 Å². The minimum atomic E-state index is -0.140. The van der Waals surface area contributed by atoms with Crippen LogP contribution < -0.4 is 5.01 Å². The largest absolute Gasteiger partial charge is 0.280 e. The Balaban J connectivity index is 1.59. The summed E-state index contributed by atoms with van der Waals surface area (Å²) in [7, 11) is 0. The highest BCUT2D eigenvalue weighted by molar-refractivity contribution is 6.32. The first-order chi connectivity index (χ1) is 16.1. The first kappa shape index (κ1) is 20.6. The van der Waals surface area contributed by atoms with E-state index in [9.17, 15) is 4.79 Å². The van der Waals surface area contributed by atoms with Crippen LogP contribution in [0.3, 0.4) is 0 Å². The van der Waals surface area contributed by atoms with Crippen molar-refractivity contribution in [1.29, 1.82) is 0 Å². The number of carbonyl (C=O) groups is 1. The third-order valence-corrected chi connectivity index (χ3v) is 5.76. The van der Waals surface area contributed by atoms with Crippen LogP contribution in [0.2, 0.25) is 0 Å². The van der Waals surface area contributed by atoms with Crippen LogP contribution in [0.4, 0.5) is 5.69 Å². The van der Waals surface area contributed by atoms with E-state index >= 15 is 0 Å². The SMILES string of the molecule is CCc1ccc(-c2nn(-c3ccccc3)cc2/C=C2/C(=O)N(c3ccccc3)N=C2C)cc1. The summed E-state index contributed by atoms with van der Waals surface area (Å²) in [6, 6.07) is 27.9. The summed E-state index contributed by atoms with van der Waals surface area (Å²) < 4.78 is 1.86. The number of anilines is 1. The minimum absolute atomic E-state index is 0.140. The maximum absolute atomic E-state index is 13.2. The molecule has 0 unspecified atom stereocenters. The summed E-state index contributed by atoms with van der Waals surface area (Å²) in [6.07, 6.45) is 4.85. The number of aryl methyl sites for hydroxylation is 1.